The second-order valence-corrected chi connectivity index (χ2v) is 3.34. The maximum absolute atomic E-state index is 13.3. The number of rotatable bonds is 2. The van der Waals surface area contributed by atoms with Gasteiger partial charge >= 0.3 is 0 Å². The highest BCUT2D eigenvalue weighted by atomic mass is 79.9. The van der Waals surface area contributed by atoms with Gasteiger partial charge in [0.25, 0.3) is 0 Å². The summed E-state index contributed by atoms with van der Waals surface area (Å²) in [4.78, 5) is 0. The lowest BCUT2D eigenvalue weighted by Crippen LogP contribution is -2.21. The van der Waals surface area contributed by atoms with Gasteiger partial charge in [0.1, 0.15) is 5.82 Å². The molecule has 74 valence electrons. The summed E-state index contributed by atoms with van der Waals surface area (Å²) in [6.45, 7) is 0.243. The van der Waals surface area contributed by atoms with Crippen molar-refractivity contribution in [3.63, 3.8) is 0 Å². The Morgan fingerprint density at radius 3 is 2.62 bits per heavy atom. The summed E-state index contributed by atoms with van der Waals surface area (Å²) in [6, 6.07) is 4.57. The van der Waals surface area contributed by atoms with Crippen LogP contribution in [0.4, 0.5) is 4.39 Å². The van der Waals surface area contributed by atoms with Crippen molar-refractivity contribution in [2.75, 3.05) is 6.54 Å². The molecule has 2 nitrogen and oxygen atoms in total. The third-order valence-corrected chi connectivity index (χ3v) is 2.25. The third-order valence-electron chi connectivity index (χ3n) is 1.63. The Balaban J connectivity index is 0.00000144. The first-order chi connectivity index (χ1) is 5.66. The van der Waals surface area contributed by atoms with E-state index in [9.17, 15) is 4.39 Å². The molecule has 1 rings (SSSR count). The van der Waals surface area contributed by atoms with Gasteiger partial charge in [0.05, 0.1) is 4.47 Å². The van der Waals surface area contributed by atoms with Crippen molar-refractivity contribution in [3.8, 4) is 0 Å². The topological polar surface area (TPSA) is 52.0 Å². The molecule has 0 heterocycles. The zero-order valence-corrected chi connectivity index (χ0v) is 9.24. The van der Waals surface area contributed by atoms with Gasteiger partial charge in [0.2, 0.25) is 0 Å². The lowest BCUT2D eigenvalue weighted by atomic mass is 10.1. The van der Waals surface area contributed by atoms with E-state index in [-0.39, 0.29) is 24.8 Å². The van der Waals surface area contributed by atoms with Crippen molar-refractivity contribution in [1.82, 2.24) is 0 Å². The molecule has 4 N–H and O–H groups in total. The van der Waals surface area contributed by atoms with E-state index in [4.69, 9.17) is 11.5 Å². The van der Waals surface area contributed by atoms with Crippen LogP contribution in [0.25, 0.3) is 0 Å². The highest BCUT2D eigenvalue weighted by Gasteiger charge is 2.11. The number of hydrogen-bond donors (Lipinski definition) is 2. The van der Waals surface area contributed by atoms with Gasteiger partial charge < -0.3 is 11.5 Å². The van der Waals surface area contributed by atoms with E-state index in [1.54, 1.807) is 18.2 Å². The first kappa shape index (κ1) is 12.8. The molecule has 13 heavy (non-hydrogen) atoms. The molecule has 5 heteroatoms. The molecule has 0 aromatic heterocycles. The Labute approximate surface area is 91.0 Å². The molecule has 0 unspecified atom stereocenters. The van der Waals surface area contributed by atoms with Gasteiger partial charge in [-0.15, -0.1) is 12.4 Å². The summed E-state index contributed by atoms with van der Waals surface area (Å²) in [7, 11) is 0. The molecule has 0 saturated carbocycles. The van der Waals surface area contributed by atoms with E-state index >= 15 is 0 Å². The van der Waals surface area contributed by atoms with Gasteiger partial charge in [0, 0.05) is 18.2 Å². The predicted octanol–water partition coefficient (Wildman–Crippen LogP) is 1.97. The second-order valence-electron chi connectivity index (χ2n) is 2.49. The fourth-order valence-corrected chi connectivity index (χ4v) is 1.32. The smallest absolute Gasteiger partial charge is 0.142 e. The minimum atomic E-state index is -0.428. The van der Waals surface area contributed by atoms with Crippen molar-refractivity contribution in [3.05, 3.63) is 34.1 Å². The lowest BCUT2D eigenvalue weighted by molar-refractivity contribution is 0.578. The van der Waals surface area contributed by atoms with E-state index in [2.05, 4.69) is 15.9 Å². The van der Waals surface area contributed by atoms with Crippen LogP contribution in [0, 0.1) is 5.82 Å². The van der Waals surface area contributed by atoms with Crippen LogP contribution < -0.4 is 11.5 Å². The van der Waals surface area contributed by atoms with Crippen LogP contribution >= 0.6 is 28.3 Å². The lowest BCUT2D eigenvalue weighted by Gasteiger charge is -2.10. The second kappa shape index (κ2) is 5.54. The average molecular weight is 270 g/mol. The molecule has 0 radical (unpaired) electrons. The Bertz CT molecular complexity index is 283. The van der Waals surface area contributed by atoms with Gasteiger partial charge in [-0.1, -0.05) is 12.1 Å². The van der Waals surface area contributed by atoms with Gasteiger partial charge in [-0.05, 0) is 22.0 Å². The largest absolute Gasteiger partial charge is 0.329 e. The molecule has 0 aliphatic carbocycles. The van der Waals surface area contributed by atoms with Crippen LogP contribution in [0.2, 0.25) is 0 Å². The van der Waals surface area contributed by atoms with E-state index < -0.39 is 6.04 Å². The van der Waals surface area contributed by atoms with E-state index in [0.29, 0.717) is 10.0 Å². The van der Waals surface area contributed by atoms with Gasteiger partial charge in [0.15, 0.2) is 0 Å². The summed E-state index contributed by atoms with van der Waals surface area (Å²) in [5.74, 6) is -0.324. The molecule has 0 saturated heterocycles. The van der Waals surface area contributed by atoms with Crippen molar-refractivity contribution >= 4 is 28.3 Å². The van der Waals surface area contributed by atoms with Crippen LogP contribution in [0.1, 0.15) is 11.6 Å². The van der Waals surface area contributed by atoms with Gasteiger partial charge in [-0.3, -0.25) is 0 Å². The zero-order chi connectivity index (χ0) is 9.14. The number of nitrogens with two attached hydrogens (primary N) is 2. The predicted molar refractivity (Wildman–Crippen MR) is 57.3 cm³/mol. The maximum Gasteiger partial charge on any atom is 0.142 e. The van der Waals surface area contributed by atoms with E-state index in [1.165, 1.54) is 0 Å². The number of hydrogen-bond acceptors (Lipinski definition) is 2. The Kier molecular flexibility index (Phi) is 5.48. The molecule has 0 bridgehead atoms. The van der Waals surface area contributed by atoms with Crippen molar-refractivity contribution in [2.45, 2.75) is 6.04 Å². The van der Waals surface area contributed by atoms with Crippen molar-refractivity contribution in [2.24, 2.45) is 11.5 Å². The van der Waals surface area contributed by atoms with Crippen LogP contribution in [0.5, 0.6) is 0 Å². The van der Waals surface area contributed by atoms with Gasteiger partial charge in [-0.25, -0.2) is 4.39 Å². The molecule has 1 aromatic carbocycles. The summed E-state index contributed by atoms with van der Waals surface area (Å²) in [6.07, 6.45) is 0. The summed E-state index contributed by atoms with van der Waals surface area (Å²) >= 11 is 3.07. The quantitative estimate of drug-likeness (QED) is 0.862. The molecule has 0 aliphatic heterocycles. The van der Waals surface area contributed by atoms with E-state index in [0.717, 1.165) is 0 Å². The third kappa shape index (κ3) is 2.91. The average Bonchev–Trinajstić information content (AvgIpc) is 2.08. The minimum Gasteiger partial charge on any atom is -0.329 e. The minimum absolute atomic E-state index is 0. The molecule has 0 amide bonds. The van der Waals surface area contributed by atoms with Crippen molar-refractivity contribution < 1.29 is 4.39 Å². The highest BCUT2D eigenvalue weighted by Crippen LogP contribution is 2.21. The van der Waals surface area contributed by atoms with Crippen LogP contribution in [0.15, 0.2) is 22.7 Å². The maximum atomic E-state index is 13.3. The Hall–Kier alpha value is -0.160. The summed E-state index contributed by atoms with van der Waals surface area (Å²) in [5, 5.41) is 0. The Morgan fingerprint density at radius 1 is 1.46 bits per heavy atom. The molecule has 1 atom stereocenters. The molecule has 0 aliphatic rings. The summed E-state index contributed by atoms with van der Waals surface area (Å²) < 4.78 is 13.7. The monoisotopic (exact) mass is 268 g/mol. The number of halogens is 3. The molecule has 1 aromatic rings. The summed E-state index contributed by atoms with van der Waals surface area (Å²) in [5.41, 5.74) is 11.3. The standard InChI is InChI=1S/C8H10BrFN2.ClH/c9-6-3-1-2-5(8(6)10)7(12)4-11;/h1-3,7H,4,11-12H2;1H/t7-;/m1./s1. The molecule has 0 fully saturated rings. The highest BCUT2D eigenvalue weighted by molar-refractivity contribution is 9.10. The first-order valence-corrected chi connectivity index (χ1v) is 4.35. The van der Waals surface area contributed by atoms with Gasteiger partial charge in [-0.2, -0.15) is 0 Å². The SMILES string of the molecule is Cl.NC[C@@H](N)c1cccc(Br)c1F. The van der Waals surface area contributed by atoms with Crippen LogP contribution in [-0.4, -0.2) is 6.54 Å². The molecule has 0 spiro atoms. The fourth-order valence-electron chi connectivity index (χ4n) is 0.934. The fraction of sp³-hybridized carbons (Fsp3) is 0.250. The van der Waals surface area contributed by atoms with Crippen molar-refractivity contribution in [1.29, 1.82) is 0 Å². The van der Waals surface area contributed by atoms with Crippen LogP contribution in [-0.2, 0) is 0 Å². The van der Waals surface area contributed by atoms with E-state index in [1.807, 2.05) is 0 Å². The normalized spacial score (nSPS) is 12.0. The Morgan fingerprint density at radius 2 is 2.08 bits per heavy atom. The molecular weight excluding hydrogens is 258 g/mol. The molecular formula is C8H11BrClFN2. The number of benzene rings is 1. The van der Waals surface area contributed by atoms with Crippen LogP contribution in [0.3, 0.4) is 0 Å². The zero-order valence-electron chi connectivity index (χ0n) is 6.84. The first-order valence-electron chi connectivity index (χ1n) is 3.56.